The van der Waals surface area contributed by atoms with Crippen LogP contribution in [0.1, 0.15) is 24.0 Å². The summed E-state index contributed by atoms with van der Waals surface area (Å²) in [5.74, 6) is 0.423. The lowest BCUT2D eigenvalue weighted by Crippen LogP contribution is -2.28. The third-order valence-electron chi connectivity index (χ3n) is 3.30. The molecule has 1 aliphatic rings. The number of likely N-dealkylation sites (N-methyl/N-ethyl adjacent to an activating group) is 1. The zero-order valence-corrected chi connectivity index (χ0v) is 10.6. The zero-order chi connectivity index (χ0) is 12.3. The number of phenols is 1. The minimum absolute atomic E-state index is 0.368. The van der Waals surface area contributed by atoms with Crippen LogP contribution in [0.15, 0.2) is 18.2 Å². The van der Waals surface area contributed by atoms with Gasteiger partial charge in [0.15, 0.2) is 0 Å². The maximum absolute atomic E-state index is 9.95. The molecule has 1 aliphatic heterocycles. The molecule has 3 heteroatoms. The molecule has 1 aromatic rings. The molecule has 1 heterocycles. The van der Waals surface area contributed by atoms with E-state index >= 15 is 0 Å². The molecule has 0 bridgehead atoms. The van der Waals surface area contributed by atoms with Gasteiger partial charge in [0.2, 0.25) is 0 Å². The average Bonchev–Trinajstić information content (AvgIpc) is 2.77. The average molecular weight is 235 g/mol. The highest BCUT2D eigenvalue weighted by Crippen LogP contribution is 2.23. The molecule has 1 atom stereocenters. The van der Waals surface area contributed by atoms with Crippen LogP contribution in [0.5, 0.6) is 5.75 Å². The lowest BCUT2D eigenvalue weighted by atomic mass is 10.1. The standard InChI is InChI=1S/C14H21NO2/c1-11-5-3-6-12(14(11)16)9-15(2)10-13-7-4-8-17-13/h3,5-6,13,16H,4,7-10H2,1-2H3. The van der Waals surface area contributed by atoms with E-state index in [2.05, 4.69) is 11.9 Å². The minimum atomic E-state index is 0.368. The fourth-order valence-corrected chi connectivity index (χ4v) is 2.34. The monoisotopic (exact) mass is 235 g/mol. The fraction of sp³-hybridized carbons (Fsp3) is 0.571. The molecule has 0 spiro atoms. The predicted molar refractivity (Wildman–Crippen MR) is 68.2 cm³/mol. The lowest BCUT2D eigenvalue weighted by molar-refractivity contribution is 0.0791. The van der Waals surface area contributed by atoms with Crippen molar-refractivity contribution in [1.82, 2.24) is 4.90 Å². The first-order valence-electron chi connectivity index (χ1n) is 6.24. The summed E-state index contributed by atoms with van der Waals surface area (Å²) >= 11 is 0. The van der Waals surface area contributed by atoms with Crippen molar-refractivity contribution < 1.29 is 9.84 Å². The van der Waals surface area contributed by atoms with Crippen molar-refractivity contribution in [2.45, 2.75) is 32.4 Å². The first-order chi connectivity index (χ1) is 8.16. The molecular formula is C14H21NO2. The smallest absolute Gasteiger partial charge is 0.122 e. The van der Waals surface area contributed by atoms with Gasteiger partial charge in [-0.15, -0.1) is 0 Å². The summed E-state index contributed by atoms with van der Waals surface area (Å²) in [6.45, 7) is 4.54. The molecule has 1 unspecified atom stereocenters. The largest absolute Gasteiger partial charge is 0.507 e. The van der Waals surface area contributed by atoms with Crippen molar-refractivity contribution in [3.63, 3.8) is 0 Å². The van der Waals surface area contributed by atoms with E-state index in [1.54, 1.807) is 0 Å². The second-order valence-corrected chi connectivity index (χ2v) is 4.91. The second kappa shape index (κ2) is 5.52. The third-order valence-corrected chi connectivity index (χ3v) is 3.30. The number of ether oxygens (including phenoxy) is 1. The molecule has 0 amide bonds. The van der Waals surface area contributed by atoms with Gasteiger partial charge < -0.3 is 9.84 Å². The Morgan fingerprint density at radius 1 is 1.47 bits per heavy atom. The van der Waals surface area contributed by atoms with Crippen LogP contribution in [0.3, 0.4) is 0 Å². The zero-order valence-electron chi connectivity index (χ0n) is 10.6. The first kappa shape index (κ1) is 12.4. The van der Waals surface area contributed by atoms with Gasteiger partial charge in [0.25, 0.3) is 0 Å². The van der Waals surface area contributed by atoms with Gasteiger partial charge in [-0.25, -0.2) is 0 Å². The summed E-state index contributed by atoms with van der Waals surface area (Å²) in [5.41, 5.74) is 1.93. The Bertz CT molecular complexity index is 372. The Kier molecular flexibility index (Phi) is 4.02. The number of aromatic hydroxyl groups is 1. The molecule has 94 valence electrons. The third kappa shape index (κ3) is 3.20. The van der Waals surface area contributed by atoms with E-state index in [4.69, 9.17) is 4.74 Å². The highest BCUT2D eigenvalue weighted by molar-refractivity contribution is 5.39. The molecule has 1 N–H and O–H groups in total. The predicted octanol–water partition coefficient (Wildman–Crippen LogP) is 2.31. The van der Waals surface area contributed by atoms with Crippen LogP contribution in [-0.4, -0.2) is 36.3 Å². The number of nitrogens with zero attached hydrogens (tertiary/aromatic N) is 1. The summed E-state index contributed by atoms with van der Waals surface area (Å²) in [4.78, 5) is 2.21. The number of para-hydroxylation sites is 1. The summed E-state index contributed by atoms with van der Waals surface area (Å²) in [5, 5.41) is 9.95. The molecular weight excluding hydrogens is 214 g/mol. The van der Waals surface area contributed by atoms with Crippen LogP contribution in [-0.2, 0) is 11.3 Å². The Labute approximate surface area is 103 Å². The molecule has 1 aromatic carbocycles. The molecule has 0 radical (unpaired) electrons. The summed E-state index contributed by atoms with van der Waals surface area (Å²) < 4.78 is 5.61. The van der Waals surface area contributed by atoms with Crippen molar-refractivity contribution in [3.05, 3.63) is 29.3 Å². The molecule has 0 saturated carbocycles. The number of hydrogen-bond acceptors (Lipinski definition) is 3. The van der Waals surface area contributed by atoms with E-state index in [-0.39, 0.29) is 0 Å². The van der Waals surface area contributed by atoms with Crippen molar-refractivity contribution in [2.75, 3.05) is 20.2 Å². The van der Waals surface area contributed by atoms with E-state index in [0.29, 0.717) is 11.9 Å². The Balaban J connectivity index is 1.93. The molecule has 0 aliphatic carbocycles. The van der Waals surface area contributed by atoms with Crippen LogP contribution < -0.4 is 0 Å². The van der Waals surface area contributed by atoms with Crippen LogP contribution in [0.4, 0.5) is 0 Å². The Morgan fingerprint density at radius 2 is 2.29 bits per heavy atom. The molecule has 0 aromatic heterocycles. The molecule has 3 nitrogen and oxygen atoms in total. The van der Waals surface area contributed by atoms with Gasteiger partial charge in [0.1, 0.15) is 5.75 Å². The fourth-order valence-electron chi connectivity index (χ4n) is 2.34. The highest BCUT2D eigenvalue weighted by atomic mass is 16.5. The van der Waals surface area contributed by atoms with Gasteiger partial charge in [-0.3, -0.25) is 4.90 Å². The SMILES string of the molecule is Cc1cccc(CN(C)CC2CCCO2)c1O. The van der Waals surface area contributed by atoms with E-state index in [1.807, 2.05) is 25.1 Å². The number of phenolic OH excluding ortho intramolecular Hbond substituents is 1. The van der Waals surface area contributed by atoms with Gasteiger partial charge in [0.05, 0.1) is 6.10 Å². The topological polar surface area (TPSA) is 32.7 Å². The van der Waals surface area contributed by atoms with E-state index in [9.17, 15) is 5.11 Å². The Morgan fingerprint density at radius 3 is 3.00 bits per heavy atom. The molecule has 17 heavy (non-hydrogen) atoms. The first-order valence-corrected chi connectivity index (χ1v) is 6.24. The van der Waals surface area contributed by atoms with Gasteiger partial charge in [0, 0.05) is 25.3 Å². The summed E-state index contributed by atoms with van der Waals surface area (Å²) in [6, 6.07) is 5.90. The van der Waals surface area contributed by atoms with E-state index in [0.717, 1.165) is 37.2 Å². The van der Waals surface area contributed by atoms with Crippen LogP contribution >= 0.6 is 0 Å². The van der Waals surface area contributed by atoms with E-state index < -0.39 is 0 Å². The van der Waals surface area contributed by atoms with Gasteiger partial charge in [-0.05, 0) is 32.4 Å². The quantitative estimate of drug-likeness (QED) is 0.869. The van der Waals surface area contributed by atoms with Gasteiger partial charge >= 0.3 is 0 Å². The van der Waals surface area contributed by atoms with Crippen molar-refractivity contribution in [1.29, 1.82) is 0 Å². The second-order valence-electron chi connectivity index (χ2n) is 4.91. The van der Waals surface area contributed by atoms with Crippen molar-refractivity contribution in [2.24, 2.45) is 0 Å². The maximum atomic E-state index is 9.95. The number of aryl methyl sites for hydroxylation is 1. The van der Waals surface area contributed by atoms with Gasteiger partial charge in [-0.2, -0.15) is 0 Å². The van der Waals surface area contributed by atoms with Crippen LogP contribution in [0.2, 0.25) is 0 Å². The minimum Gasteiger partial charge on any atom is -0.507 e. The van der Waals surface area contributed by atoms with Crippen molar-refractivity contribution >= 4 is 0 Å². The number of hydrogen-bond donors (Lipinski definition) is 1. The summed E-state index contributed by atoms with van der Waals surface area (Å²) in [6.07, 6.45) is 2.70. The molecule has 1 saturated heterocycles. The maximum Gasteiger partial charge on any atom is 0.122 e. The van der Waals surface area contributed by atoms with Crippen LogP contribution in [0, 0.1) is 6.92 Å². The number of benzene rings is 1. The highest BCUT2D eigenvalue weighted by Gasteiger charge is 2.17. The molecule has 2 rings (SSSR count). The van der Waals surface area contributed by atoms with Crippen molar-refractivity contribution in [3.8, 4) is 5.75 Å². The normalized spacial score (nSPS) is 20.1. The Hall–Kier alpha value is -1.06. The lowest BCUT2D eigenvalue weighted by Gasteiger charge is -2.21. The van der Waals surface area contributed by atoms with Gasteiger partial charge in [-0.1, -0.05) is 18.2 Å². The summed E-state index contributed by atoms with van der Waals surface area (Å²) in [7, 11) is 2.07. The van der Waals surface area contributed by atoms with E-state index in [1.165, 1.54) is 6.42 Å². The molecule has 1 fully saturated rings. The van der Waals surface area contributed by atoms with Crippen LogP contribution in [0.25, 0.3) is 0 Å². The number of rotatable bonds is 4.